The van der Waals surface area contributed by atoms with Crippen molar-refractivity contribution in [1.29, 1.82) is 0 Å². The van der Waals surface area contributed by atoms with Crippen LogP contribution in [0.15, 0.2) is 18.2 Å². The lowest BCUT2D eigenvalue weighted by Crippen LogP contribution is -2.25. The van der Waals surface area contributed by atoms with Crippen molar-refractivity contribution in [2.24, 2.45) is 0 Å². The third-order valence-corrected chi connectivity index (χ3v) is 2.84. The number of rotatable bonds is 6. The average molecular weight is 276 g/mol. The Morgan fingerprint density at radius 1 is 1.47 bits per heavy atom. The van der Waals surface area contributed by atoms with Gasteiger partial charge in [0, 0.05) is 11.0 Å². The summed E-state index contributed by atoms with van der Waals surface area (Å²) in [7, 11) is 0. The first-order valence-electron chi connectivity index (χ1n) is 5.34. The van der Waals surface area contributed by atoms with Gasteiger partial charge < -0.3 is 14.6 Å². The Morgan fingerprint density at radius 2 is 2.18 bits per heavy atom. The maximum absolute atomic E-state index is 10.4. The number of benzene rings is 1. The third-order valence-electron chi connectivity index (χ3n) is 2.31. The zero-order chi connectivity index (χ0) is 12.8. The normalized spacial score (nSPS) is 12.2. The lowest BCUT2D eigenvalue weighted by molar-refractivity contribution is -0.306. The van der Waals surface area contributed by atoms with Crippen LogP contribution in [-0.2, 0) is 4.79 Å². The molecule has 0 aromatic heterocycles. The summed E-state index contributed by atoms with van der Waals surface area (Å²) in [5.74, 6) is -0.560. The topological polar surface area (TPSA) is 49.4 Å². The summed E-state index contributed by atoms with van der Waals surface area (Å²) in [4.78, 5) is 10.4. The first-order chi connectivity index (χ1) is 8.02. The molecule has 0 N–H and O–H groups in total. The van der Waals surface area contributed by atoms with Crippen LogP contribution in [0, 0.1) is 0 Å². The molecule has 17 heavy (non-hydrogen) atoms. The number of carboxylic acid groups (broad SMARTS) is 1. The fourth-order valence-corrected chi connectivity index (χ4v) is 1.83. The van der Waals surface area contributed by atoms with E-state index in [-0.39, 0.29) is 12.5 Å². The minimum absolute atomic E-state index is 0.0241. The molecule has 0 saturated heterocycles. The van der Waals surface area contributed by atoms with Gasteiger partial charge in [0.1, 0.15) is 5.75 Å². The summed E-state index contributed by atoms with van der Waals surface area (Å²) in [5, 5.41) is 11.3. The summed E-state index contributed by atoms with van der Waals surface area (Å²) in [5.41, 5.74) is 0. The van der Waals surface area contributed by atoms with Gasteiger partial charge in [-0.15, -0.1) is 0 Å². The van der Waals surface area contributed by atoms with Crippen molar-refractivity contribution in [2.75, 3.05) is 0 Å². The number of carbonyl (C=O) groups is 1. The Balaban J connectivity index is 2.63. The Bertz CT molecular complexity index is 393. The number of hydrogen-bond donors (Lipinski definition) is 0. The molecule has 1 unspecified atom stereocenters. The Morgan fingerprint density at radius 3 is 2.71 bits per heavy atom. The minimum Gasteiger partial charge on any atom is -0.550 e. The van der Waals surface area contributed by atoms with E-state index >= 15 is 0 Å². The minimum atomic E-state index is -1.07. The number of hydrogen-bond acceptors (Lipinski definition) is 3. The van der Waals surface area contributed by atoms with Gasteiger partial charge in [-0.3, -0.25) is 0 Å². The van der Waals surface area contributed by atoms with Gasteiger partial charge in [0.05, 0.1) is 11.1 Å². The van der Waals surface area contributed by atoms with Gasteiger partial charge in [-0.2, -0.15) is 0 Å². The summed E-state index contributed by atoms with van der Waals surface area (Å²) in [6.07, 6.45) is 0.889. The van der Waals surface area contributed by atoms with Crippen LogP contribution in [0.5, 0.6) is 5.75 Å². The quantitative estimate of drug-likeness (QED) is 0.802. The van der Waals surface area contributed by atoms with Crippen LogP contribution in [-0.4, -0.2) is 12.1 Å². The summed E-state index contributed by atoms with van der Waals surface area (Å²) >= 11 is 11.7. The molecular weight excluding hydrogens is 263 g/mol. The number of carboxylic acids is 1. The summed E-state index contributed by atoms with van der Waals surface area (Å²) in [6, 6.07) is 4.94. The standard InChI is InChI=1S/C12H14Cl2O3/c1-2-9(4-6-12(15)16)17-11-5-3-8(13)7-10(11)14/h3,5,7,9H,2,4,6H2,1H3,(H,15,16)/p-1. The Labute approximate surface area is 110 Å². The molecule has 0 radical (unpaired) electrons. The molecule has 0 aliphatic rings. The van der Waals surface area contributed by atoms with Gasteiger partial charge in [0.25, 0.3) is 0 Å². The molecule has 1 aromatic rings. The predicted molar refractivity (Wildman–Crippen MR) is 65.4 cm³/mol. The van der Waals surface area contributed by atoms with Crippen LogP contribution in [0.3, 0.4) is 0 Å². The second-order valence-corrected chi connectivity index (χ2v) is 4.48. The molecule has 1 atom stereocenters. The molecule has 0 amide bonds. The van der Waals surface area contributed by atoms with Crippen LogP contribution in [0.2, 0.25) is 10.0 Å². The molecule has 1 rings (SSSR count). The molecule has 0 saturated carbocycles. The predicted octanol–water partition coefficient (Wildman–Crippen LogP) is 2.68. The van der Waals surface area contributed by atoms with E-state index in [9.17, 15) is 9.90 Å². The van der Waals surface area contributed by atoms with E-state index in [1.807, 2.05) is 6.92 Å². The Hall–Kier alpha value is -0.930. The largest absolute Gasteiger partial charge is 0.550 e. The fraction of sp³-hybridized carbons (Fsp3) is 0.417. The monoisotopic (exact) mass is 275 g/mol. The summed E-state index contributed by atoms with van der Waals surface area (Å²) < 4.78 is 5.62. The zero-order valence-electron chi connectivity index (χ0n) is 9.41. The number of ether oxygens (including phenoxy) is 1. The highest BCUT2D eigenvalue weighted by molar-refractivity contribution is 6.35. The third kappa shape index (κ3) is 4.84. The van der Waals surface area contributed by atoms with E-state index in [0.29, 0.717) is 28.6 Å². The van der Waals surface area contributed by atoms with Crippen LogP contribution < -0.4 is 9.84 Å². The zero-order valence-corrected chi connectivity index (χ0v) is 10.9. The van der Waals surface area contributed by atoms with E-state index < -0.39 is 5.97 Å². The Kier molecular flexibility index (Phi) is 5.59. The van der Waals surface area contributed by atoms with E-state index in [4.69, 9.17) is 27.9 Å². The van der Waals surface area contributed by atoms with E-state index in [1.165, 1.54) is 0 Å². The fourth-order valence-electron chi connectivity index (χ4n) is 1.38. The van der Waals surface area contributed by atoms with Gasteiger partial charge >= 0.3 is 0 Å². The van der Waals surface area contributed by atoms with Gasteiger partial charge in [-0.1, -0.05) is 30.1 Å². The maximum Gasteiger partial charge on any atom is 0.138 e. The van der Waals surface area contributed by atoms with Crippen molar-refractivity contribution >= 4 is 29.2 Å². The molecule has 0 spiro atoms. The van der Waals surface area contributed by atoms with E-state index in [1.54, 1.807) is 18.2 Å². The van der Waals surface area contributed by atoms with Crippen LogP contribution in [0.4, 0.5) is 0 Å². The molecular formula is C12H13Cl2O3-. The van der Waals surface area contributed by atoms with Crippen molar-refractivity contribution in [3.8, 4) is 5.75 Å². The first-order valence-corrected chi connectivity index (χ1v) is 6.10. The van der Waals surface area contributed by atoms with Crippen molar-refractivity contribution in [2.45, 2.75) is 32.3 Å². The number of halogens is 2. The maximum atomic E-state index is 10.4. The first kappa shape index (κ1) is 14.1. The lowest BCUT2D eigenvalue weighted by Gasteiger charge is -2.18. The lowest BCUT2D eigenvalue weighted by atomic mass is 10.1. The summed E-state index contributed by atoms with van der Waals surface area (Å²) in [6.45, 7) is 1.92. The second-order valence-electron chi connectivity index (χ2n) is 3.63. The van der Waals surface area contributed by atoms with E-state index in [0.717, 1.165) is 0 Å². The molecule has 1 aromatic carbocycles. The van der Waals surface area contributed by atoms with Crippen molar-refractivity contribution < 1.29 is 14.6 Å². The molecule has 94 valence electrons. The van der Waals surface area contributed by atoms with Crippen molar-refractivity contribution in [3.05, 3.63) is 28.2 Å². The number of carbonyl (C=O) groups excluding carboxylic acids is 1. The molecule has 0 heterocycles. The van der Waals surface area contributed by atoms with Crippen LogP contribution >= 0.6 is 23.2 Å². The number of aliphatic carboxylic acids is 1. The highest BCUT2D eigenvalue weighted by Crippen LogP contribution is 2.29. The van der Waals surface area contributed by atoms with Crippen LogP contribution in [0.1, 0.15) is 26.2 Å². The van der Waals surface area contributed by atoms with E-state index in [2.05, 4.69) is 0 Å². The molecule has 0 aliphatic heterocycles. The van der Waals surface area contributed by atoms with Crippen molar-refractivity contribution in [3.63, 3.8) is 0 Å². The van der Waals surface area contributed by atoms with Gasteiger partial charge in [0.2, 0.25) is 0 Å². The molecule has 0 aliphatic carbocycles. The molecule has 5 heteroatoms. The second kappa shape index (κ2) is 6.72. The smallest absolute Gasteiger partial charge is 0.138 e. The van der Waals surface area contributed by atoms with Gasteiger partial charge in [-0.05, 0) is 37.5 Å². The van der Waals surface area contributed by atoms with Crippen molar-refractivity contribution in [1.82, 2.24) is 0 Å². The van der Waals surface area contributed by atoms with Crippen LogP contribution in [0.25, 0.3) is 0 Å². The van der Waals surface area contributed by atoms with Gasteiger partial charge in [0.15, 0.2) is 0 Å². The molecule has 3 nitrogen and oxygen atoms in total. The SMILES string of the molecule is CCC(CCC(=O)[O-])Oc1ccc(Cl)cc1Cl. The molecule has 0 fully saturated rings. The highest BCUT2D eigenvalue weighted by atomic mass is 35.5. The average Bonchev–Trinajstić information content (AvgIpc) is 2.26. The highest BCUT2D eigenvalue weighted by Gasteiger charge is 2.10. The molecule has 0 bridgehead atoms. The van der Waals surface area contributed by atoms with Gasteiger partial charge in [-0.25, -0.2) is 0 Å².